The molecule has 0 radical (unpaired) electrons. The van der Waals surface area contributed by atoms with Crippen molar-refractivity contribution in [2.75, 3.05) is 0 Å². The molecule has 0 spiro atoms. The van der Waals surface area contributed by atoms with Gasteiger partial charge in [-0.1, -0.05) is 25.0 Å². The van der Waals surface area contributed by atoms with E-state index >= 15 is 0 Å². The molecule has 1 aromatic carbocycles. The highest BCUT2D eigenvalue weighted by atomic mass is 19.1. The Morgan fingerprint density at radius 3 is 2.47 bits per heavy atom. The van der Waals surface area contributed by atoms with Crippen LogP contribution in [0.1, 0.15) is 37.2 Å². The molecule has 2 N–H and O–H groups in total. The van der Waals surface area contributed by atoms with Crippen LogP contribution in [0.3, 0.4) is 0 Å². The summed E-state index contributed by atoms with van der Waals surface area (Å²) in [5, 5.41) is 18.0. The van der Waals surface area contributed by atoms with Gasteiger partial charge in [-0.3, -0.25) is 0 Å². The summed E-state index contributed by atoms with van der Waals surface area (Å²) in [6.07, 6.45) is 4.65. The first-order valence-electron chi connectivity index (χ1n) is 5.34. The predicted molar refractivity (Wildman–Crippen MR) is 57.4 cm³/mol. The molecule has 0 aliphatic heterocycles. The first kappa shape index (κ1) is 10.6. The molecule has 0 heterocycles. The fourth-order valence-corrected chi connectivity index (χ4v) is 2.27. The van der Waals surface area contributed by atoms with Crippen molar-refractivity contribution in [1.82, 2.24) is 0 Å². The third-order valence-electron chi connectivity index (χ3n) is 3.12. The minimum absolute atomic E-state index is 0.0144. The molecule has 2 nitrogen and oxygen atoms in total. The Kier molecular flexibility index (Phi) is 3.07. The van der Waals surface area contributed by atoms with E-state index < -0.39 is 12.9 Å². The molecular formula is C11H14BFO2. The Balaban J connectivity index is 2.29. The summed E-state index contributed by atoms with van der Waals surface area (Å²) in [4.78, 5) is 0. The lowest BCUT2D eigenvalue weighted by Gasteiger charge is -2.11. The molecule has 1 saturated carbocycles. The van der Waals surface area contributed by atoms with Gasteiger partial charge in [0.1, 0.15) is 5.82 Å². The summed E-state index contributed by atoms with van der Waals surface area (Å²) in [7, 11) is -1.72. The maximum atomic E-state index is 13.2. The van der Waals surface area contributed by atoms with E-state index in [4.69, 9.17) is 10.0 Å². The third-order valence-corrected chi connectivity index (χ3v) is 3.12. The molecule has 0 unspecified atom stereocenters. The quantitative estimate of drug-likeness (QED) is 0.716. The summed E-state index contributed by atoms with van der Waals surface area (Å²) >= 11 is 0. The Labute approximate surface area is 88.9 Å². The minimum Gasteiger partial charge on any atom is -0.423 e. The largest absolute Gasteiger partial charge is 0.491 e. The zero-order chi connectivity index (χ0) is 10.8. The smallest absolute Gasteiger partial charge is 0.423 e. The van der Waals surface area contributed by atoms with Gasteiger partial charge in [0, 0.05) is 5.46 Å². The predicted octanol–water partition coefficient (Wildman–Crippen LogP) is 1.16. The van der Waals surface area contributed by atoms with E-state index in [-0.39, 0.29) is 5.46 Å². The van der Waals surface area contributed by atoms with Crippen LogP contribution in [0, 0.1) is 5.82 Å². The van der Waals surface area contributed by atoms with E-state index in [0.717, 1.165) is 18.4 Å². The Hall–Kier alpha value is -0.865. The first-order chi connectivity index (χ1) is 7.18. The molecule has 0 bridgehead atoms. The van der Waals surface area contributed by atoms with Gasteiger partial charge >= 0.3 is 7.12 Å². The van der Waals surface area contributed by atoms with Gasteiger partial charge in [-0.2, -0.15) is 0 Å². The first-order valence-corrected chi connectivity index (χ1v) is 5.34. The summed E-state index contributed by atoms with van der Waals surface area (Å²) < 4.78 is 13.2. The van der Waals surface area contributed by atoms with Gasteiger partial charge in [0.05, 0.1) is 0 Å². The maximum absolute atomic E-state index is 13.2. The van der Waals surface area contributed by atoms with Crippen LogP contribution in [-0.2, 0) is 0 Å². The average molecular weight is 208 g/mol. The van der Waals surface area contributed by atoms with E-state index in [0.29, 0.717) is 5.92 Å². The van der Waals surface area contributed by atoms with E-state index in [1.165, 1.54) is 18.9 Å². The second-order valence-electron chi connectivity index (χ2n) is 4.14. The third kappa shape index (κ3) is 2.21. The van der Waals surface area contributed by atoms with Gasteiger partial charge in [0.25, 0.3) is 0 Å². The number of hydrogen-bond donors (Lipinski definition) is 2. The Morgan fingerprint density at radius 1 is 1.20 bits per heavy atom. The molecule has 1 fully saturated rings. The molecule has 80 valence electrons. The Bertz CT molecular complexity index is 348. The van der Waals surface area contributed by atoms with Gasteiger partial charge in [-0.05, 0) is 30.4 Å². The van der Waals surface area contributed by atoms with Crippen LogP contribution in [0.25, 0.3) is 0 Å². The van der Waals surface area contributed by atoms with Crippen LogP contribution in [-0.4, -0.2) is 17.2 Å². The molecule has 4 heteroatoms. The SMILES string of the molecule is OB(O)c1cc(C2CCCC2)ccc1F. The fraction of sp³-hybridized carbons (Fsp3) is 0.455. The number of halogens is 1. The lowest BCUT2D eigenvalue weighted by molar-refractivity contribution is 0.423. The topological polar surface area (TPSA) is 40.5 Å². The molecule has 0 aromatic heterocycles. The summed E-state index contributed by atoms with van der Waals surface area (Å²) in [5.74, 6) is -0.0881. The zero-order valence-corrected chi connectivity index (χ0v) is 8.49. The highest BCUT2D eigenvalue weighted by Gasteiger charge is 2.21. The number of rotatable bonds is 2. The fourth-order valence-electron chi connectivity index (χ4n) is 2.27. The molecule has 15 heavy (non-hydrogen) atoms. The van der Waals surface area contributed by atoms with Gasteiger partial charge in [0.15, 0.2) is 0 Å². The van der Waals surface area contributed by atoms with E-state index in [1.54, 1.807) is 12.1 Å². The normalized spacial score (nSPS) is 17.0. The highest BCUT2D eigenvalue weighted by Crippen LogP contribution is 2.33. The van der Waals surface area contributed by atoms with Crippen LogP contribution in [0.15, 0.2) is 18.2 Å². The summed E-state index contributed by atoms with van der Waals surface area (Å²) in [6.45, 7) is 0. The minimum atomic E-state index is -1.72. The van der Waals surface area contributed by atoms with Crippen molar-refractivity contribution in [2.45, 2.75) is 31.6 Å². The van der Waals surface area contributed by atoms with Crippen molar-refractivity contribution in [1.29, 1.82) is 0 Å². The maximum Gasteiger partial charge on any atom is 0.491 e. The van der Waals surface area contributed by atoms with Crippen molar-refractivity contribution >= 4 is 12.6 Å². The number of hydrogen-bond acceptors (Lipinski definition) is 2. The van der Waals surface area contributed by atoms with Crippen molar-refractivity contribution in [3.63, 3.8) is 0 Å². The standard InChI is InChI=1S/C11H14BFO2/c13-11-6-5-9(7-10(11)12(14)15)8-3-1-2-4-8/h5-8,14-15H,1-4H2. The lowest BCUT2D eigenvalue weighted by Crippen LogP contribution is -2.33. The molecule has 0 saturated heterocycles. The van der Waals surface area contributed by atoms with Gasteiger partial charge in [-0.15, -0.1) is 0 Å². The molecular weight excluding hydrogens is 194 g/mol. The van der Waals surface area contributed by atoms with E-state index in [9.17, 15) is 4.39 Å². The second-order valence-corrected chi connectivity index (χ2v) is 4.14. The highest BCUT2D eigenvalue weighted by molar-refractivity contribution is 6.58. The summed E-state index contributed by atoms with van der Waals surface area (Å²) in [5.41, 5.74) is 1.01. The van der Waals surface area contributed by atoms with Crippen LogP contribution < -0.4 is 5.46 Å². The Morgan fingerprint density at radius 2 is 1.87 bits per heavy atom. The average Bonchev–Trinajstić information content (AvgIpc) is 2.71. The molecule has 0 amide bonds. The molecule has 1 aromatic rings. The van der Waals surface area contributed by atoms with Gasteiger partial charge in [0.2, 0.25) is 0 Å². The van der Waals surface area contributed by atoms with Gasteiger partial charge < -0.3 is 10.0 Å². The van der Waals surface area contributed by atoms with Crippen molar-refractivity contribution in [3.8, 4) is 0 Å². The monoisotopic (exact) mass is 208 g/mol. The van der Waals surface area contributed by atoms with E-state index in [2.05, 4.69) is 0 Å². The molecule has 1 aliphatic carbocycles. The molecule has 1 aliphatic rings. The lowest BCUT2D eigenvalue weighted by atomic mass is 9.78. The second kappa shape index (κ2) is 4.33. The van der Waals surface area contributed by atoms with Crippen LogP contribution >= 0.6 is 0 Å². The van der Waals surface area contributed by atoms with Gasteiger partial charge in [-0.25, -0.2) is 4.39 Å². The van der Waals surface area contributed by atoms with Crippen molar-refractivity contribution in [3.05, 3.63) is 29.6 Å². The molecule has 0 atom stereocenters. The van der Waals surface area contributed by atoms with E-state index in [1.807, 2.05) is 0 Å². The van der Waals surface area contributed by atoms with Crippen LogP contribution in [0.4, 0.5) is 4.39 Å². The van der Waals surface area contributed by atoms with Crippen LogP contribution in [0.2, 0.25) is 0 Å². The zero-order valence-electron chi connectivity index (χ0n) is 8.49. The van der Waals surface area contributed by atoms with Crippen LogP contribution in [0.5, 0.6) is 0 Å². The van der Waals surface area contributed by atoms with Crippen molar-refractivity contribution in [2.24, 2.45) is 0 Å². The summed E-state index contributed by atoms with van der Waals surface area (Å²) in [6, 6.07) is 4.65. The van der Waals surface area contributed by atoms with Crippen molar-refractivity contribution < 1.29 is 14.4 Å². The molecule has 2 rings (SSSR count). The number of benzene rings is 1.